The Balaban J connectivity index is 1.83. The molecule has 104 valence electrons. The first-order valence-electron chi connectivity index (χ1n) is 6.70. The molecule has 0 saturated carbocycles. The minimum Gasteiger partial charge on any atom is -0.398 e. The van der Waals surface area contributed by atoms with Gasteiger partial charge in [0, 0.05) is 24.2 Å². The summed E-state index contributed by atoms with van der Waals surface area (Å²) in [5.41, 5.74) is 1.02. The fourth-order valence-corrected chi connectivity index (χ4v) is 2.07. The van der Waals surface area contributed by atoms with E-state index >= 15 is 0 Å². The Bertz CT molecular complexity index is 577. The van der Waals surface area contributed by atoms with Crippen LogP contribution in [-0.2, 0) is 9.31 Å². The van der Waals surface area contributed by atoms with E-state index in [-0.39, 0.29) is 11.2 Å². The molecule has 0 atom stereocenters. The second kappa shape index (κ2) is 4.43. The zero-order valence-corrected chi connectivity index (χ0v) is 12.2. The van der Waals surface area contributed by atoms with E-state index in [0.717, 1.165) is 17.0 Å². The van der Waals surface area contributed by atoms with E-state index in [1.165, 1.54) is 0 Å². The molecule has 1 N–H and O–H groups in total. The van der Waals surface area contributed by atoms with Crippen molar-refractivity contribution in [2.75, 3.05) is 0 Å². The molecule has 5 nitrogen and oxygen atoms in total. The van der Waals surface area contributed by atoms with E-state index < -0.39 is 7.12 Å². The number of hydrogen-bond acceptors (Lipinski definition) is 4. The monoisotopic (exact) mass is 271 g/mol. The Labute approximate surface area is 118 Å². The van der Waals surface area contributed by atoms with Crippen molar-refractivity contribution >= 4 is 12.7 Å². The van der Waals surface area contributed by atoms with E-state index in [1.54, 1.807) is 18.6 Å². The van der Waals surface area contributed by atoms with Crippen LogP contribution in [0.25, 0.3) is 11.4 Å². The lowest BCUT2D eigenvalue weighted by Crippen LogP contribution is -2.41. The topological polar surface area (TPSA) is 60.0 Å². The number of pyridine rings is 1. The largest absolute Gasteiger partial charge is 0.514 e. The van der Waals surface area contributed by atoms with Crippen LogP contribution in [0.2, 0.25) is 0 Å². The van der Waals surface area contributed by atoms with Gasteiger partial charge < -0.3 is 14.3 Å². The fraction of sp³-hybridized carbons (Fsp3) is 0.429. The van der Waals surface area contributed by atoms with Crippen LogP contribution in [0.5, 0.6) is 0 Å². The predicted molar refractivity (Wildman–Crippen MR) is 77.5 cm³/mol. The van der Waals surface area contributed by atoms with Crippen molar-refractivity contribution in [1.29, 1.82) is 0 Å². The van der Waals surface area contributed by atoms with Crippen molar-refractivity contribution in [2.45, 2.75) is 38.9 Å². The maximum absolute atomic E-state index is 5.97. The van der Waals surface area contributed by atoms with Gasteiger partial charge in [0.2, 0.25) is 0 Å². The molecule has 0 aliphatic carbocycles. The van der Waals surface area contributed by atoms with Gasteiger partial charge in [-0.1, -0.05) is 0 Å². The number of nitrogens with zero attached hydrogens (tertiary/aromatic N) is 2. The predicted octanol–water partition coefficient (Wildman–Crippen LogP) is 1.77. The quantitative estimate of drug-likeness (QED) is 0.846. The minimum atomic E-state index is -0.425. The molecule has 0 bridgehead atoms. The van der Waals surface area contributed by atoms with Crippen molar-refractivity contribution in [3.05, 3.63) is 30.7 Å². The first kappa shape index (κ1) is 13.3. The van der Waals surface area contributed by atoms with E-state index in [4.69, 9.17) is 9.31 Å². The Hall–Kier alpha value is -1.66. The molecule has 0 radical (unpaired) electrons. The Morgan fingerprint density at radius 3 is 2.25 bits per heavy atom. The molecule has 0 aromatic carbocycles. The molecule has 1 aliphatic heterocycles. The minimum absolute atomic E-state index is 0.348. The third-order valence-electron chi connectivity index (χ3n) is 4.05. The van der Waals surface area contributed by atoms with Crippen LogP contribution in [0.15, 0.2) is 30.7 Å². The number of aromatic amines is 1. The molecular weight excluding hydrogens is 253 g/mol. The molecule has 0 unspecified atom stereocenters. The number of H-pyrrole nitrogens is 1. The van der Waals surface area contributed by atoms with Gasteiger partial charge in [-0.2, -0.15) is 0 Å². The average molecular weight is 271 g/mol. The maximum atomic E-state index is 5.97. The van der Waals surface area contributed by atoms with Gasteiger partial charge in [-0.05, 0) is 39.8 Å². The first-order valence-corrected chi connectivity index (χ1v) is 6.70. The normalized spacial score (nSPS) is 20.3. The van der Waals surface area contributed by atoms with Crippen molar-refractivity contribution in [3.8, 4) is 11.4 Å². The van der Waals surface area contributed by atoms with Crippen molar-refractivity contribution in [1.82, 2.24) is 15.0 Å². The fourth-order valence-electron chi connectivity index (χ4n) is 2.07. The molecule has 1 aliphatic rings. The van der Waals surface area contributed by atoms with Crippen molar-refractivity contribution in [2.24, 2.45) is 0 Å². The molecule has 0 spiro atoms. The van der Waals surface area contributed by atoms with Gasteiger partial charge in [0.05, 0.1) is 16.8 Å². The summed E-state index contributed by atoms with van der Waals surface area (Å²) in [7, 11) is -0.425. The third kappa shape index (κ3) is 2.15. The third-order valence-corrected chi connectivity index (χ3v) is 4.05. The van der Waals surface area contributed by atoms with Crippen molar-refractivity contribution in [3.63, 3.8) is 0 Å². The standard InChI is InChI=1S/C14H18BN3O2/c1-13(2)14(3,4)20-15(19-13)11-6-5-10(9-18-11)12-16-7-8-17-12/h5-9H,1-4H3,(H,16,17). The van der Waals surface area contributed by atoms with Gasteiger partial charge in [0.25, 0.3) is 0 Å². The van der Waals surface area contributed by atoms with Crippen LogP contribution in [0.3, 0.4) is 0 Å². The summed E-state index contributed by atoms with van der Waals surface area (Å²) in [4.78, 5) is 11.7. The molecule has 0 amide bonds. The van der Waals surface area contributed by atoms with E-state index in [0.29, 0.717) is 0 Å². The zero-order chi connectivity index (χ0) is 14.4. The summed E-state index contributed by atoms with van der Waals surface area (Å²) in [5, 5.41) is 0. The highest BCUT2D eigenvalue weighted by atomic mass is 16.7. The molecule has 20 heavy (non-hydrogen) atoms. The van der Waals surface area contributed by atoms with Gasteiger partial charge in [-0.25, -0.2) is 4.98 Å². The zero-order valence-electron chi connectivity index (χ0n) is 12.2. The van der Waals surface area contributed by atoms with Gasteiger partial charge in [-0.3, -0.25) is 4.98 Å². The number of imidazole rings is 1. The van der Waals surface area contributed by atoms with Gasteiger partial charge >= 0.3 is 7.12 Å². The van der Waals surface area contributed by atoms with Gasteiger partial charge in [0.1, 0.15) is 5.82 Å². The molecule has 2 aromatic heterocycles. The lowest BCUT2D eigenvalue weighted by Gasteiger charge is -2.32. The van der Waals surface area contributed by atoms with Gasteiger partial charge in [-0.15, -0.1) is 0 Å². The molecule has 2 aromatic rings. The summed E-state index contributed by atoms with van der Waals surface area (Å²) in [6.45, 7) is 8.13. The molecule has 6 heteroatoms. The van der Waals surface area contributed by atoms with E-state index in [9.17, 15) is 0 Å². The Kier molecular flexibility index (Phi) is 2.95. The SMILES string of the molecule is CC1(C)OB(c2ccc(-c3ncc[nH]3)cn2)OC1(C)C. The van der Waals surface area contributed by atoms with Crippen LogP contribution in [-0.4, -0.2) is 33.3 Å². The summed E-state index contributed by atoms with van der Waals surface area (Å²) in [6.07, 6.45) is 5.29. The molecule has 1 saturated heterocycles. The van der Waals surface area contributed by atoms with Gasteiger partial charge in [0.15, 0.2) is 0 Å². The van der Waals surface area contributed by atoms with E-state index in [1.807, 2.05) is 39.8 Å². The highest BCUT2D eigenvalue weighted by Crippen LogP contribution is 2.36. The Morgan fingerprint density at radius 1 is 1.05 bits per heavy atom. The second-order valence-corrected chi connectivity index (χ2v) is 6.00. The molecule has 1 fully saturated rings. The van der Waals surface area contributed by atoms with Crippen molar-refractivity contribution < 1.29 is 9.31 Å². The second-order valence-electron chi connectivity index (χ2n) is 6.00. The average Bonchev–Trinajstić information content (AvgIpc) is 2.97. The highest BCUT2D eigenvalue weighted by molar-refractivity contribution is 6.61. The summed E-state index contributed by atoms with van der Waals surface area (Å²) in [5.74, 6) is 0.804. The van der Waals surface area contributed by atoms with Crippen LogP contribution >= 0.6 is 0 Å². The Morgan fingerprint density at radius 2 is 1.75 bits per heavy atom. The molecule has 3 rings (SSSR count). The number of rotatable bonds is 2. The summed E-state index contributed by atoms with van der Waals surface area (Å²) < 4.78 is 11.9. The molecule has 3 heterocycles. The van der Waals surface area contributed by atoms with Crippen LogP contribution in [0.1, 0.15) is 27.7 Å². The van der Waals surface area contributed by atoms with Crippen LogP contribution in [0.4, 0.5) is 0 Å². The number of hydrogen-bond donors (Lipinski definition) is 1. The smallest absolute Gasteiger partial charge is 0.398 e. The summed E-state index contributed by atoms with van der Waals surface area (Å²) in [6, 6.07) is 3.88. The molecular formula is C14H18BN3O2. The lowest BCUT2D eigenvalue weighted by atomic mass is 9.84. The first-order chi connectivity index (χ1) is 9.39. The number of nitrogens with one attached hydrogen (secondary N) is 1. The van der Waals surface area contributed by atoms with Crippen LogP contribution in [0, 0.1) is 0 Å². The summed E-state index contributed by atoms with van der Waals surface area (Å²) >= 11 is 0. The highest BCUT2D eigenvalue weighted by Gasteiger charge is 2.52. The number of aromatic nitrogens is 3. The van der Waals surface area contributed by atoms with E-state index in [2.05, 4.69) is 15.0 Å². The lowest BCUT2D eigenvalue weighted by molar-refractivity contribution is 0.00578. The van der Waals surface area contributed by atoms with Crippen LogP contribution < -0.4 is 5.59 Å². The maximum Gasteiger partial charge on any atom is 0.514 e.